The molecule has 2 heterocycles. The molecule has 29 heavy (non-hydrogen) atoms. The summed E-state index contributed by atoms with van der Waals surface area (Å²) in [5, 5.41) is 6.76. The Labute approximate surface area is 174 Å². The first-order valence-electron chi connectivity index (χ1n) is 10.5. The van der Waals surface area contributed by atoms with Crippen LogP contribution in [0.25, 0.3) is 0 Å². The first-order chi connectivity index (χ1) is 14.1. The minimum absolute atomic E-state index is 0.182. The van der Waals surface area contributed by atoms with Gasteiger partial charge in [0, 0.05) is 52.2 Å². The Morgan fingerprint density at radius 2 is 2.10 bits per heavy atom. The summed E-state index contributed by atoms with van der Waals surface area (Å²) >= 11 is 0. The molecule has 1 aliphatic heterocycles. The van der Waals surface area contributed by atoms with E-state index in [0.29, 0.717) is 12.5 Å². The molecule has 2 N–H and O–H groups in total. The Hall–Kier alpha value is -2.38. The summed E-state index contributed by atoms with van der Waals surface area (Å²) in [6.45, 7) is 10.6. The Balaban J connectivity index is 1.46. The molecule has 1 aromatic carbocycles. The monoisotopic (exact) mass is 398 g/mol. The van der Waals surface area contributed by atoms with Crippen molar-refractivity contribution >= 4 is 5.96 Å². The highest BCUT2D eigenvalue weighted by molar-refractivity contribution is 5.79. The molecule has 7 heteroatoms. The van der Waals surface area contributed by atoms with Gasteiger partial charge in [-0.3, -0.25) is 9.89 Å². The number of rotatable bonds is 8. The van der Waals surface area contributed by atoms with Crippen LogP contribution in [-0.4, -0.2) is 66.3 Å². The van der Waals surface area contributed by atoms with Crippen LogP contribution in [-0.2, 0) is 17.8 Å². The van der Waals surface area contributed by atoms with E-state index >= 15 is 0 Å². The van der Waals surface area contributed by atoms with E-state index in [0.717, 1.165) is 51.1 Å². The zero-order valence-corrected chi connectivity index (χ0v) is 17.8. The lowest BCUT2D eigenvalue weighted by Gasteiger charge is -2.34. The van der Waals surface area contributed by atoms with Crippen LogP contribution in [0.3, 0.4) is 0 Å². The minimum Gasteiger partial charge on any atom is -0.374 e. The molecule has 1 unspecified atom stereocenters. The zero-order valence-electron chi connectivity index (χ0n) is 17.8. The molecule has 1 saturated heterocycles. The quantitative estimate of drug-likeness (QED) is 0.526. The number of nitrogens with one attached hydrogen (secondary N) is 2. The van der Waals surface area contributed by atoms with Gasteiger partial charge in [-0.25, -0.2) is 4.98 Å². The van der Waals surface area contributed by atoms with Crippen molar-refractivity contribution in [2.24, 2.45) is 10.9 Å². The Kier molecular flexibility index (Phi) is 8.07. The predicted octanol–water partition coefficient (Wildman–Crippen LogP) is 1.95. The molecule has 0 amide bonds. The van der Waals surface area contributed by atoms with Crippen LogP contribution in [0.1, 0.15) is 25.2 Å². The molecule has 0 bridgehead atoms. The van der Waals surface area contributed by atoms with Crippen molar-refractivity contribution in [1.82, 2.24) is 25.1 Å². The summed E-state index contributed by atoms with van der Waals surface area (Å²) in [6.07, 6.45) is 4.04. The first kappa shape index (κ1) is 21.3. The van der Waals surface area contributed by atoms with E-state index in [1.54, 1.807) is 7.05 Å². The maximum atomic E-state index is 5.92. The zero-order chi connectivity index (χ0) is 20.5. The minimum atomic E-state index is 0.182. The molecule has 1 fully saturated rings. The van der Waals surface area contributed by atoms with Gasteiger partial charge in [0.25, 0.3) is 0 Å². The van der Waals surface area contributed by atoms with E-state index in [2.05, 4.69) is 68.2 Å². The Morgan fingerprint density at radius 3 is 2.86 bits per heavy atom. The van der Waals surface area contributed by atoms with Crippen molar-refractivity contribution in [3.05, 3.63) is 54.1 Å². The number of guanidine groups is 1. The van der Waals surface area contributed by atoms with Crippen molar-refractivity contribution in [3.63, 3.8) is 0 Å². The molecule has 7 nitrogen and oxygen atoms in total. The lowest BCUT2D eigenvalue weighted by atomic mass is 10.2. The van der Waals surface area contributed by atoms with Gasteiger partial charge >= 0.3 is 0 Å². The second-order valence-electron chi connectivity index (χ2n) is 7.91. The average molecular weight is 399 g/mol. The summed E-state index contributed by atoms with van der Waals surface area (Å²) in [5.74, 6) is 2.42. The van der Waals surface area contributed by atoms with Crippen molar-refractivity contribution in [2.75, 3.05) is 39.8 Å². The van der Waals surface area contributed by atoms with Gasteiger partial charge in [-0.1, -0.05) is 44.2 Å². The molecule has 158 valence electrons. The summed E-state index contributed by atoms with van der Waals surface area (Å²) in [5.41, 5.74) is 1.26. The lowest BCUT2D eigenvalue weighted by Crippen LogP contribution is -2.50. The van der Waals surface area contributed by atoms with Crippen LogP contribution < -0.4 is 10.6 Å². The second-order valence-corrected chi connectivity index (χ2v) is 7.91. The standard InChI is InChI=1S/C22H34N6O/c1-18(2)15-27-11-12-29-20(17-27)13-25-22(23-3)26-14-21-24-9-10-28(21)16-19-7-5-4-6-8-19/h4-10,18,20H,11-17H2,1-3H3,(H2,23,25,26). The largest absolute Gasteiger partial charge is 0.374 e. The highest BCUT2D eigenvalue weighted by atomic mass is 16.5. The van der Waals surface area contributed by atoms with E-state index < -0.39 is 0 Å². The predicted molar refractivity (Wildman–Crippen MR) is 117 cm³/mol. The third kappa shape index (κ3) is 6.87. The number of aliphatic imine (C=N–C) groups is 1. The van der Waals surface area contributed by atoms with E-state index in [4.69, 9.17) is 4.74 Å². The highest BCUT2D eigenvalue weighted by Gasteiger charge is 2.21. The second kappa shape index (κ2) is 11.0. The topological polar surface area (TPSA) is 66.7 Å². The van der Waals surface area contributed by atoms with E-state index in [1.807, 2.05) is 18.5 Å². The molecule has 0 aliphatic carbocycles. The molecular weight excluding hydrogens is 364 g/mol. The molecule has 0 spiro atoms. The van der Waals surface area contributed by atoms with Gasteiger partial charge < -0.3 is 19.9 Å². The molecule has 1 atom stereocenters. The third-order valence-electron chi connectivity index (χ3n) is 4.98. The fourth-order valence-corrected chi connectivity index (χ4v) is 3.61. The summed E-state index contributed by atoms with van der Waals surface area (Å²) in [7, 11) is 1.79. The number of ether oxygens (including phenoxy) is 1. The van der Waals surface area contributed by atoms with Crippen LogP contribution >= 0.6 is 0 Å². The highest BCUT2D eigenvalue weighted by Crippen LogP contribution is 2.08. The van der Waals surface area contributed by atoms with Gasteiger partial charge in [-0.2, -0.15) is 0 Å². The number of hydrogen-bond acceptors (Lipinski definition) is 4. The van der Waals surface area contributed by atoms with Gasteiger partial charge in [-0.15, -0.1) is 0 Å². The number of aromatic nitrogens is 2. The molecule has 1 aliphatic rings. The normalized spacial score (nSPS) is 18.2. The average Bonchev–Trinajstić information content (AvgIpc) is 3.15. The van der Waals surface area contributed by atoms with Gasteiger partial charge in [0.1, 0.15) is 5.82 Å². The van der Waals surface area contributed by atoms with E-state index in [1.165, 1.54) is 5.56 Å². The number of nitrogens with zero attached hydrogens (tertiary/aromatic N) is 4. The van der Waals surface area contributed by atoms with Crippen LogP contribution in [0.2, 0.25) is 0 Å². The van der Waals surface area contributed by atoms with Gasteiger partial charge in [0.05, 0.1) is 19.3 Å². The van der Waals surface area contributed by atoms with Crippen LogP contribution in [0, 0.1) is 5.92 Å². The number of morpholine rings is 1. The van der Waals surface area contributed by atoms with Gasteiger partial charge in [-0.05, 0) is 11.5 Å². The summed E-state index contributed by atoms with van der Waals surface area (Å²) < 4.78 is 8.07. The number of benzene rings is 1. The van der Waals surface area contributed by atoms with E-state index in [9.17, 15) is 0 Å². The Morgan fingerprint density at radius 1 is 1.28 bits per heavy atom. The van der Waals surface area contributed by atoms with Crippen LogP contribution in [0.5, 0.6) is 0 Å². The van der Waals surface area contributed by atoms with Gasteiger partial charge in [0.2, 0.25) is 0 Å². The van der Waals surface area contributed by atoms with Crippen molar-refractivity contribution in [2.45, 2.75) is 33.0 Å². The van der Waals surface area contributed by atoms with Crippen molar-refractivity contribution in [3.8, 4) is 0 Å². The molecule has 0 radical (unpaired) electrons. The van der Waals surface area contributed by atoms with Crippen LogP contribution in [0.4, 0.5) is 0 Å². The maximum Gasteiger partial charge on any atom is 0.191 e. The smallest absolute Gasteiger partial charge is 0.191 e. The van der Waals surface area contributed by atoms with Crippen molar-refractivity contribution in [1.29, 1.82) is 0 Å². The first-order valence-corrected chi connectivity index (χ1v) is 10.5. The number of hydrogen-bond donors (Lipinski definition) is 2. The number of imidazole rings is 1. The molecular formula is C22H34N6O. The van der Waals surface area contributed by atoms with Crippen molar-refractivity contribution < 1.29 is 4.74 Å². The molecule has 3 rings (SSSR count). The maximum absolute atomic E-state index is 5.92. The molecule has 0 saturated carbocycles. The lowest BCUT2D eigenvalue weighted by molar-refractivity contribution is -0.0284. The Bertz CT molecular complexity index is 758. The van der Waals surface area contributed by atoms with E-state index in [-0.39, 0.29) is 6.10 Å². The summed E-state index contributed by atoms with van der Waals surface area (Å²) in [6, 6.07) is 10.4. The molecule has 2 aromatic rings. The fourth-order valence-electron chi connectivity index (χ4n) is 3.61. The molecule has 1 aromatic heterocycles. The van der Waals surface area contributed by atoms with Crippen LogP contribution in [0.15, 0.2) is 47.7 Å². The fraction of sp³-hybridized carbons (Fsp3) is 0.545. The summed E-state index contributed by atoms with van der Waals surface area (Å²) in [4.78, 5) is 11.3. The van der Waals surface area contributed by atoms with Gasteiger partial charge in [0.15, 0.2) is 5.96 Å². The third-order valence-corrected chi connectivity index (χ3v) is 4.98. The SMILES string of the molecule is CN=C(NCc1nccn1Cc1ccccc1)NCC1CN(CC(C)C)CCO1.